The van der Waals surface area contributed by atoms with Crippen LogP contribution in [0.25, 0.3) is 0 Å². The summed E-state index contributed by atoms with van der Waals surface area (Å²) in [6.07, 6.45) is 1.51. The smallest absolute Gasteiger partial charge is 0.262 e. The van der Waals surface area contributed by atoms with Gasteiger partial charge in [-0.1, -0.05) is 43.3 Å². The molecule has 3 aromatic rings. The van der Waals surface area contributed by atoms with E-state index in [1.54, 1.807) is 12.1 Å². The van der Waals surface area contributed by atoms with Gasteiger partial charge in [-0.2, -0.15) is 0 Å². The van der Waals surface area contributed by atoms with Crippen LogP contribution < -0.4 is 14.8 Å². The van der Waals surface area contributed by atoms with Crippen LogP contribution in [0.5, 0.6) is 5.75 Å². The molecule has 0 spiro atoms. The number of carbonyl (C=O) groups is 1. The Balaban J connectivity index is 1.50. The second-order valence-electron chi connectivity index (χ2n) is 7.11. The second kappa shape index (κ2) is 11.3. The number of aryl methyl sites for hydroxylation is 1. The fraction of sp³-hybridized carbons (Fsp3) is 0.208. The predicted octanol–water partition coefficient (Wildman–Crippen LogP) is 4.55. The lowest BCUT2D eigenvalue weighted by Gasteiger charge is -2.11. The minimum Gasteiger partial charge on any atom is -0.483 e. The summed E-state index contributed by atoms with van der Waals surface area (Å²) < 4.78 is 33.9. The Labute approximate surface area is 197 Å². The number of hydrogen-bond acceptors (Lipinski definition) is 4. The highest BCUT2D eigenvalue weighted by molar-refractivity contribution is 9.10. The third kappa shape index (κ3) is 6.91. The summed E-state index contributed by atoms with van der Waals surface area (Å²) in [5, 5.41) is 2.70. The summed E-state index contributed by atoms with van der Waals surface area (Å²) in [7, 11) is -3.63. The highest BCUT2D eigenvalue weighted by Gasteiger charge is 2.14. The third-order valence-electron chi connectivity index (χ3n) is 4.76. The summed E-state index contributed by atoms with van der Waals surface area (Å²) in [4.78, 5) is 12.3. The van der Waals surface area contributed by atoms with E-state index in [-0.39, 0.29) is 17.4 Å². The summed E-state index contributed by atoms with van der Waals surface area (Å²) >= 11 is 3.44. The first-order chi connectivity index (χ1) is 15.4. The molecule has 0 fully saturated rings. The number of rotatable bonds is 10. The van der Waals surface area contributed by atoms with Gasteiger partial charge in [0.1, 0.15) is 5.75 Å². The van der Waals surface area contributed by atoms with Gasteiger partial charge in [0.15, 0.2) is 6.61 Å². The molecule has 0 saturated heterocycles. The van der Waals surface area contributed by atoms with Crippen molar-refractivity contribution in [3.63, 3.8) is 0 Å². The number of halogens is 1. The number of amides is 1. The van der Waals surface area contributed by atoms with Crippen molar-refractivity contribution in [3.05, 3.63) is 88.4 Å². The zero-order valence-corrected chi connectivity index (χ0v) is 20.1. The lowest BCUT2D eigenvalue weighted by Crippen LogP contribution is -2.26. The molecule has 8 heteroatoms. The molecule has 1 amide bonds. The summed E-state index contributed by atoms with van der Waals surface area (Å²) in [5.74, 6) is 0.244. The van der Waals surface area contributed by atoms with Crippen LogP contribution in [0, 0.1) is 0 Å². The maximum atomic E-state index is 12.5. The summed E-state index contributed by atoms with van der Waals surface area (Å²) in [6.45, 7) is 2.20. The van der Waals surface area contributed by atoms with E-state index in [9.17, 15) is 13.2 Å². The molecule has 0 saturated carbocycles. The van der Waals surface area contributed by atoms with Crippen molar-refractivity contribution in [2.24, 2.45) is 0 Å². The number of sulfonamides is 1. The molecule has 0 atom stereocenters. The Hall–Kier alpha value is -2.68. The molecule has 168 valence electrons. The second-order valence-corrected chi connectivity index (χ2v) is 9.73. The molecule has 6 nitrogen and oxygen atoms in total. The standard InChI is InChI=1S/C24H25BrN2O4S/c1-2-18-8-13-23(22(25)16-18)31-17-24(28)27-20-9-11-21(12-10-20)32(29,30)26-15-14-19-6-4-3-5-7-19/h3-13,16,26H,2,14-15,17H2,1H3,(H,27,28). The van der Waals surface area contributed by atoms with E-state index >= 15 is 0 Å². The molecule has 0 aliphatic carbocycles. The van der Waals surface area contributed by atoms with Crippen molar-refractivity contribution < 1.29 is 17.9 Å². The Morgan fingerprint density at radius 1 is 0.969 bits per heavy atom. The van der Waals surface area contributed by atoms with Crippen LogP contribution in [0.4, 0.5) is 5.69 Å². The van der Waals surface area contributed by atoms with Gasteiger partial charge >= 0.3 is 0 Å². The van der Waals surface area contributed by atoms with E-state index in [0.717, 1.165) is 16.5 Å². The van der Waals surface area contributed by atoms with Gasteiger partial charge in [0.05, 0.1) is 9.37 Å². The average Bonchev–Trinajstić information content (AvgIpc) is 2.79. The molecule has 0 aliphatic heterocycles. The van der Waals surface area contributed by atoms with E-state index in [4.69, 9.17) is 4.74 Å². The van der Waals surface area contributed by atoms with Crippen molar-refractivity contribution >= 4 is 37.5 Å². The molecule has 32 heavy (non-hydrogen) atoms. The van der Waals surface area contributed by atoms with Crippen LogP contribution in [0.2, 0.25) is 0 Å². The molecule has 0 aliphatic rings. The van der Waals surface area contributed by atoms with Crippen molar-refractivity contribution in [2.45, 2.75) is 24.7 Å². The van der Waals surface area contributed by atoms with Crippen molar-refractivity contribution in [1.29, 1.82) is 0 Å². The van der Waals surface area contributed by atoms with Crippen molar-refractivity contribution in [2.75, 3.05) is 18.5 Å². The van der Waals surface area contributed by atoms with Crippen molar-refractivity contribution in [3.8, 4) is 5.75 Å². The van der Waals surface area contributed by atoms with E-state index in [0.29, 0.717) is 24.4 Å². The van der Waals surface area contributed by atoms with Gasteiger partial charge in [0, 0.05) is 12.2 Å². The molecule has 0 radical (unpaired) electrons. The molecule has 3 rings (SSSR count). The minimum absolute atomic E-state index is 0.139. The number of carbonyl (C=O) groups excluding carboxylic acids is 1. The largest absolute Gasteiger partial charge is 0.483 e. The van der Waals surface area contributed by atoms with Crippen LogP contribution >= 0.6 is 15.9 Å². The Morgan fingerprint density at radius 3 is 2.34 bits per heavy atom. The fourth-order valence-electron chi connectivity index (χ4n) is 3.00. The van der Waals surface area contributed by atoms with E-state index < -0.39 is 10.0 Å². The van der Waals surface area contributed by atoms with Crippen molar-refractivity contribution in [1.82, 2.24) is 4.72 Å². The number of nitrogens with one attached hydrogen (secondary N) is 2. The van der Waals surface area contributed by atoms with Gasteiger partial charge in [-0.25, -0.2) is 13.1 Å². The van der Waals surface area contributed by atoms with Crippen LogP contribution in [0.15, 0.2) is 82.2 Å². The predicted molar refractivity (Wildman–Crippen MR) is 129 cm³/mol. The quantitative estimate of drug-likeness (QED) is 0.414. The van der Waals surface area contributed by atoms with Crippen LogP contribution in [0.1, 0.15) is 18.1 Å². The van der Waals surface area contributed by atoms with Gasteiger partial charge in [-0.15, -0.1) is 0 Å². The number of hydrogen-bond donors (Lipinski definition) is 2. The lowest BCUT2D eigenvalue weighted by atomic mass is 10.2. The fourth-order valence-corrected chi connectivity index (χ4v) is 4.57. The Bertz CT molecular complexity index is 1150. The van der Waals surface area contributed by atoms with Crippen LogP contribution in [-0.4, -0.2) is 27.5 Å². The monoisotopic (exact) mass is 516 g/mol. The van der Waals surface area contributed by atoms with Crippen LogP contribution in [-0.2, 0) is 27.7 Å². The molecule has 3 aromatic carbocycles. The lowest BCUT2D eigenvalue weighted by molar-refractivity contribution is -0.118. The SMILES string of the molecule is CCc1ccc(OCC(=O)Nc2ccc(S(=O)(=O)NCCc3ccccc3)cc2)c(Br)c1. The van der Waals surface area contributed by atoms with E-state index in [1.165, 1.54) is 17.7 Å². The Kier molecular flexibility index (Phi) is 8.44. The van der Waals surface area contributed by atoms with Gasteiger partial charge in [0.2, 0.25) is 10.0 Å². The zero-order chi connectivity index (χ0) is 23.0. The highest BCUT2D eigenvalue weighted by Crippen LogP contribution is 2.26. The maximum Gasteiger partial charge on any atom is 0.262 e. The first-order valence-electron chi connectivity index (χ1n) is 10.2. The molecule has 0 aromatic heterocycles. The molecule has 2 N–H and O–H groups in total. The topological polar surface area (TPSA) is 84.5 Å². The molecular formula is C24H25BrN2O4S. The van der Waals surface area contributed by atoms with Gasteiger partial charge in [-0.3, -0.25) is 4.79 Å². The normalized spacial score (nSPS) is 11.2. The Morgan fingerprint density at radius 2 is 1.69 bits per heavy atom. The molecule has 0 bridgehead atoms. The first kappa shape index (κ1) is 24.0. The van der Waals surface area contributed by atoms with Crippen LogP contribution in [0.3, 0.4) is 0 Å². The first-order valence-corrected chi connectivity index (χ1v) is 12.5. The number of benzene rings is 3. The number of anilines is 1. The van der Waals surface area contributed by atoms with Gasteiger partial charge < -0.3 is 10.1 Å². The molecular weight excluding hydrogens is 492 g/mol. The highest BCUT2D eigenvalue weighted by atomic mass is 79.9. The van der Waals surface area contributed by atoms with Gasteiger partial charge in [0.25, 0.3) is 5.91 Å². The van der Waals surface area contributed by atoms with E-state index in [1.807, 2.05) is 48.5 Å². The van der Waals surface area contributed by atoms with Gasteiger partial charge in [-0.05, 0) is 76.3 Å². The van der Waals surface area contributed by atoms with E-state index in [2.05, 4.69) is 32.9 Å². The third-order valence-corrected chi connectivity index (χ3v) is 6.86. The minimum atomic E-state index is -3.63. The molecule has 0 heterocycles. The summed E-state index contributed by atoms with van der Waals surface area (Å²) in [6, 6.07) is 21.4. The number of ether oxygens (including phenoxy) is 1. The average molecular weight is 517 g/mol. The summed E-state index contributed by atoms with van der Waals surface area (Å²) in [5.41, 5.74) is 2.71. The molecule has 0 unspecified atom stereocenters. The zero-order valence-electron chi connectivity index (χ0n) is 17.7. The maximum absolute atomic E-state index is 12.5.